The molecule has 1 fully saturated rings. The largest absolute Gasteiger partial charge is 0.441 e. The van der Waals surface area contributed by atoms with Gasteiger partial charge >= 0.3 is 12.3 Å². The van der Waals surface area contributed by atoms with E-state index in [-0.39, 0.29) is 18.0 Å². The second-order valence-electron chi connectivity index (χ2n) is 10.1. The Hall–Kier alpha value is -3.08. The van der Waals surface area contributed by atoms with Crippen LogP contribution < -0.4 is 10.1 Å². The molecule has 11 heteroatoms. The number of aryl methyl sites for hydroxylation is 1. The Morgan fingerprint density at radius 2 is 1.97 bits per heavy atom. The van der Waals surface area contributed by atoms with Crippen LogP contribution in [0.4, 0.5) is 13.2 Å². The summed E-state index contributed by atoms with van der Waals surface area (Å²) in [6, 6.07) is 5.82. The molecule has 3 heterocycles. The lowest BCUT2D eigenvalue weighted by molar-refractivity contribution is -0.157. The van der Waals surface area contributed by atoms with Crippen molar-refractivity contribution in [1.29, 1.82) is 0 Å². The zero-order valence-corrected chi connectivity index (χ0v) is 20.9. The normalized spacial score (nSPS) is 21.0. The van der Waals surface area contributed by atoms with Crippen LogP contribution in [0.2, 0.25) is 0 Å². The molecule has 1 aliphatic carbocycles. The quantitative estimate of drug-likeness (QED) is 0.502. The monoisotopic (exact) mass is 519 g/mol. The number of ether oxygens (including phenoxy) is 1. The van der Waals surface area contributed by atoms with Crippen LogP contribution in [0.3, 0.4) is 0 Å². The van der Waals surface area contributed by atoms with Gasteiger partial charge in [-0.15, -0.1) is 0 Å². The number of hydrogen-bond donors (Lipinski definition) is 1. The first kappa shape index (κ1) is 25.6. The molecule has 8 nitrogen and oxygen atoms in total. The summed E-state index contributed by atoms with van der Waals surface area (Å²) in [7, 11) is 1.85. The molecule has 2 aliphatic rings. The Labute approximate surface area is 213 Å². The minimum absolute atomic E-state index is 0.0380. The van der Waals surface area contributed by atoms with Gasteiger partial charge in [0.2, 0.25) is 0 Å². The van der Waals surface area contributed by atoms with Gasteiger partial charge in [0.1, 0.15) is 5.76 Å². The van der Waals surface area contributed by atoms with Gasteiger partial charge in [-0.25, -0.2) is 0 Å². The van der Waals surface area contributed by atoms with Crippen molar-refractivity contribution in [3.8, 4) is 6.08 Å². The van der Waals surface area contributed by atoms with Crippen LogP contribution in [0.1, 0.15) is 53.9 Å². The van der Waals surface area contributed by atoms with E-state index in [0.717, 1.165) is 62.6 Å². The summed E-state index contributed by atoms with van der Waals surface area (Å²) in [5.74, 6) is 1.21. The first-order valence-electron chi connectivity index (χ1n) is 12.9. The maximum atomic E-state index is 12.9. The highest BCUT2D eigenvalue weighted by Gasteiger charge is 2.30. The van der Waals surface area contributed by atoms with E-state index in [4.69, 9.17) is 4.42 Å². The first-order valence-corrected chi connectivity index (χ1v) is 12.9. The maximum Gasteiger partial charge on any atom is 0.422 e. The molecule has 1 amide bonds. The molecule has 0 unspecified atom stereocenters. The van der Waals surface area contributed by atoms with Gasteiger partial charge in [-0.05, 0) is 56.7 Å². The van der Waals surface area contributed by atoms with E-state index in [1.807, 2.05) is 31.4 Å². The maximum absolute atomic E-state index is 12.9. The molecule has 3 aromatic rings. The van der Waals surface area contributed by atoms with E-state index in [1.165, 1.54) is 0 Å². The first-order chi connectivity index (χ1) is 17.7. The highest BCUT2D eigenvalue weighted by Crippen LogP contribution is 2.29. The van der Waals surface area contributed by atoms with Crippen molar-refractivity contribution in [2.24, 2.45) is 13.0 Å². The van der Waals surface area contributed by atoms with Crippen molar-refractivity contribution in [1.82, 2.24) is 25.0 Å². The number of aromatic nitrogens is 3. The lowest BCUT2D eigenvalue weighted by Gasteiger charge is -2.30. The Morgan fingerprint density at radius 1 is 1.19 bits per heavy atom. The molecular formula is C26H32F3N5O3. The average Bonchev–Trinajstić information content (AvgIpc) is 3.39. The number of benzene rings is 1. The molecule has 1 aliphatic heterocycles. The summed E-state index contributed by atoms with van der Waals surface area (Å²) in [5.41, 5.74) is 2.18. The second kappa shape index (κ2) is 10.7. The van der Waals surface area contributed by atoms with Crippen molar-refractivity contribution >= 4 is 16.8 Å². The van der Waals surface area contributed by atoms with Gasteiger partial charge in [-0.1, -0.05) is 6.07 Å². The molecule has 5 rings (SSSR count). The van der Waals surface area contributed by atoms with Crippen molar-refractivity contribution in [3.63, 3.8) is 0 Å². The number of halogens is 3. The third kappa shape index (κ3) is 6.44. The van der Waals surface area contributed by atoms with Gasteiger partial charge in [0, 0.05) is 50.6 Å². The van der Waals surface area contributed by atoms with Crippen molar-refractivity contribution in [3.05, 3.63) is 41.4 Å². The highest BCUT2D eigenvalue weighted by molar-refractivity contribution is 6.06. The number of rotatable bonds is 7. The van der Waals surface area contributed by atoms with Crippen LogP contribution in [0.5, 0.6) is 6.08 Å². The number of carbonyl (C=O) groups excluding carboxylic acids is 1. The SMILES string of the molecule is Cn1cc2c(C(=O)N[C@H]3CC[C@H](CCN4CCc5nc(OCC(F)(F)F)oc5CC4)CC3)cccc2n1. The summed E-state index contributed by atoms with van der Waals surface area (Å²) < 4.78 is 48.9. The number of hydrogen-bond acceptors (Lipinski definition) is 6. The van der Waals surface area contributed by atoms with Gasteiger partial charge in [-0.2, -0.15) is 23.3 Å². The van der Waals surface area contributed by atoms with Crippen molar-refractivity contribution in [2.75, 3.05) is 26.2 Å². The van der Waals surface area contributed by atoms with Crippen molar-refractivity contribution in [2.45, 2.75) is 57.2 Å². The molecule has 1 N–H and O–H groups in total. The van der Waals surface area contributed by atoms with E-state index < -0.39 is 12.8 Å². The van der Waals surface area contributed by atoms with Crippen LogP contribution in [-0.4, -0.2) is 64.0 Å². The fourth-order valence-corrected chi connectivity index (χ4v) is 5.40. The van der Waals surface area contributed by atoms with E-state index in [1.54, 1.807) is 4.68 Å². The lowest BCUT2D eigenvalue weighted by Crippen LogP contribution is -2.38. The van der Waals surface area contributed by atoms with Crippen molar-refractivity contribution < 1.29 is 27.1 Å². The van der Waals surface area contributed by atoms with Crippen LogP contribution in [0, 0.1) is 5.92 Å². The molecule has 200 valence electrons. The molecule has 1 aromatic carbocycles. The highest BCUT2D eigenvalue weighted by atomic mass is 19.4. The summed E-state index contributed by atoms with van der Waals surface area (Å²) >= 11 is 0. The molecular weight excluding hydrogens is 487 g/mol. The summed E-state index contributed by atoms with van der Waals surface area (Å²) in [6.07, 6.45) is 3.61. The van der Waals surface area contributed by atoms with E-state index >= 15 is 0 Å². The number of amides is 1. The summed E-state index contributed by atoms with van der Waals surface area (Å²) in [5, 5.41) is 8.48. The molecule has 0 bridgehead atoms. The zero-order chi connectivity index (χ0) is 26.0. The van der Waals surface area contributed by atoms with Gasteiger partial charge < -0.3 is 19.4 Å². The van der Waals surface area contributed by atoms with E-state index in [0.29, 0.717) is 35.8 Å². The smallest absolute Gasteiger partial charge is 0.422 e. The molecule has 2 aromatic heterocycles. The van der Waals surface area contributed by atoms with Gasteiger partial charge in [0.25, 0.3) is 5.91 Å². The minimum Gasteiger partial charge on any atom is -0.441 e. The fourth-order valence-electron chi connectivity index (χ4n) is 5.40. The standard InChI is InChI=1S/C26H32F3N5O3/c1-33-15-20-19(3-2-4-21(20)32-33)24(35)30-18-7-5-17(6-8-18)9-12-34-13-10-22-23(11-14-34)37-25(31-22)36-16-26(27,28)29/h2-4,15,17-18H,5-14,16H2,1H3,(H,30,35)/t17-,18-. The van der Waals surface area contributed by atoms with Gasteiger partial charge in [0.05, 0.1) is 16.8 Å². The van der Waals surface area contributed by atoms with Gasteiger partial charge in [0.15, 0.2) is 6.61 Å². The number of oxazole rings is 1. The van der Waals surface area contributed by atoms with Crippen LogP contribution in [0.15, 0.2) is 28.8 Å². The predicted octanol–water partition coefficient (Wildman–Crippen LogP) is 4.28. The Balaban J connectivity index is 1.04. The predicted molar refractivity (Wildman–Crippen MR) is 130 cm³/mol. The molecule has 1 saturated carbocycles. The number of nitrogens with zero attached hydrogens (tertiary/aromatic N) is 4. The zero-order valence-electron chi connectivity index (χ0n) is 20.9. The Bertz CT molecular complexity index is 1200. The third-order valence-corrected chi connectivity index (χ3v) is 7.38. The van der Waals surface area contributed by atoms with E-state index in [2.05, 4.69) is 25.0 Å². The van der Waals surface area contributed by atoms with Crippen LogP contribution >= 0.6 is 0 Å². The number of nitrogens with one attached hydrogen (secondary N) is 1. The van der Waals surface area contributed by atoms with Gasteiger partial charge in [-0.3, -0.25) is 9.48 Å². The second-order valence-corrected chi connectivity index (χ2v) is 10.1. The Kier molecular flexibility index (Phi) is 7.41. The van der Waals surface area contributed by atoms with Crippen LogP contribution in [-0.2, 0) is 19.9 Å². The number of alkyl halides is 3. The molecule has 0 spiro atoms. The fraction of sp³-hybridized carbons (Fsp3) is 0.577. The lowest BCUT2D eigenvalue weighted by atomic mass is 9.84. The average molecular weight is 520 g/mol. The molecule has 37 heavy (non-hydrogen) atoms. The Morgan fingerprint density at radius 3 is 2.76 bits per heavy atom. The third-order valence-electron chi connectivity index (χ3n) is 7.38. The number of fused-ring (bicyclic) bond motifs is 2. The topological polar surface area (TPSA) is 85.4 Å². The molecule has 0 atom stereocenters. The molecule has 0 radical (unpaired) electrons. The summed E-state index contributed by atoms with van der Waals surface area (Å²) in [4.78, 5) is 19.4. The van der Waals surface area contributed by atoms with Crippen LogP contribution in [0.25, 0.3) is 10.9 Å². The summed E-state index contributed by atoms with van der Waals surface area (Å²) in [6.45, 7) is 1.15. The number of carbonyl (C=O) groups is 1. The molecule has 0 saturated heterocycles. The minimum atomic E-state index is -4.41. The van der Waals surface area contributed by atoms with E-state index in [9.17, 15) is 18.0 Å².